The average molecular weight is 301 g/mol. The Bertz CT molecular complexity index is 366. The molecule has 0 aromatic heterocycles. The van der Waals surface area contributed by atoms with E-state index in [9.17, 15) is 0 Å². The first-order valence-corrected chi connectivity index (χ1v) is 6.64. The minimum atomic E-state index is 0.679. The number of rotatable bonds is 4. The zero-order valence-electron chi connectivity index (χ0n) is 9.64. The van der Waals surface area contributed by atoms with Gasteiger partial charge in [-0.25, -0.2) is 0 Å². The number of halogens is 1. The van der Waals surface area contributed by atoms with Gasteiger partial charge in [-0.2, -0.15) is 0 Å². The molecule has 2 nitrogen and oxygen atoms in total. The number of thiocarbonyl (C=S) groups is 1. The molecule has 88 valence electrons. The molecule has 4 heteroatoms. The summed E-state index contributed by atoms with van der Waals surface area (Å²) in [4.78, 5) is 0. The summed E-state index contributed by atoms with van der Waals surface area (Å²) in [6.45, 7) is 5.15. The molecule has 0 fully saturated rings. The fraction of sp³-hybridized carbons (Fsp3) is 0.417. The van der Waals surface area contributed by atoms with E-state index in [1.807, 2.05) is 6.07 Å². The molecule has 16 heavy (non-hydrogen) atoms. The number of hydrogen-bond acceptors (Lipinski definition) is 1. The van der Waals surface area contributed by atoms with E-state index in [-0.39, 0.29) is 0 Å². The van der Waals surface area contributed by atoms with Gasteiger partial charge in [-0.3, -0.25) is 0 Å². The lowest BCUT2D eigenvalue weighted by Crippen LogP contribution is -2.29. The molecule has 0 amide bonds. The Kier molecular flexibility index (Phi) is 5.77. The van der Waals surface area contributed by atoms with Crippen molar-refractivity contribution in [2.75, 3.05) is 11.9 Å². The second-order valence-corrected chi connectivity index (χ2v) is 4.98. The first-order chi connectivity index (χ1) is 7.63. The van der Waals surface area contributed by atoms with E-state index in [2.05, 4.69) is 52.5 Å². The molecule has 0 atom stereocenters. The van der Waals surface area contributed by atoms with E-state index >= 15 is 0 Å². The van der Waals surface area contributed by atoms with Crippen LogP contribution in [-0.2, 0) is 0 Å². The first kappa shape index (κ1) is 13.5. The summed E-state index contributed by atoms with van der Waals surface area (Å²) in [5.74, 6) is 0. The first-order valence-electron chi connectivity index (χ1n) is 5.44. The van der Waals surface area contributed by atoms with E-state index in [4.69, 9.17) is 12.2 Å². The highest BCUT2D eigenvalue weighted by Gasteiger charge is 2.01. The highest BCUT2D eigenvalue weighted by atomic mass is 79.9. The van der Waals surface area contributed by atoms with Crippen molar-refractivity contribution in [1.29, 1.82) is 0 Å². The van der Waals surface area contributed by atoms with Gasteiger partial charge in [0.2, 0.25) is 0 Å². The number of nitrogens with one attached hydrogen (secondary N) is 2. The lowest BCUT2D eigenvalue weighted by molar-refractivity contribution is 0.758. The third-order valence-electron chi connectivity index (χ3n) is 2.19. The third-order valence-corrected chi connectivity index (χ3v) is 3.09. The molecule has 1 aromatic carbocycles. The summed E-state index contributed by atoms with van der Waals surface area (Å²) in [5, 5.41) is 7.02. The zero-order chi connectivity index (χ0) is 12.0. The normalized spacial score (nSPS) is 9.94. The summed E-state index contributed by atoms with van der Waals surface area (Å²) in [6.07, 6.45) is 2.31. The molecule has 0 aliphatic heterocycles. The van der Waals surface area contributed by atoms with Gasteiger partial charge in [-0.1, -0.05) is 19.4 Å². The molecule has 0 heterocycles. The quantitative estimate of drug-likeness (QED) is 0.652. The summed E-state index contributed by atoms with van der Waals surface area (Å²) in [6, 6.07) is 6.14. The summed E-state index contributed by atoms with van der Waals surface area (Å²) in [7, 11) is 0. The average Bonchev–Trinajstić information content (AvgIpc) is 2.23. The minimum absolute atomic E-state index is 0.679. The van der Waals surface area contributed by atoms with Gasteiger partial charge < -0.3 is 10.6 Å². The predicted octanol–water partition coefficient (Wildman–Crippen LogP) is 3.84. The Morgan fingerprint density at radius 3 is 2.81 bits per heavy atom. The maximum atomic E-state index is 5.20. The second-order valence-electron chi connectivity index (χ2n) is 3.72. The second kappa shape index (κ2) is 6.86. The van der Waals surface area contributed by atoms with Crippen molar-refractivity contribution in [2.45, 2.75) is 26.7 Å². The van der Waals surface area contributed by atoms with Gasteiger partial charge in [-0.05, 0) is 59.2 Å². The van der Waals surface area contributed by atoms with Crippen molar-refractivity contribution in [3.63, 3.8) is 0 Å². The molecule has 0 spiro atoms. The van der Waals surface area contributed by atoms with Crippen molar-refractivity contribution >= 4 is 38.9 Å². The summed E-state index contributed by atoms with van der Waals surface area (Å²) in [5.41, 5.74) is 2.22. The molecule has 1 rings (SSSR count). The van der Waals surface area contributed by atoms with Gasteiger partial charge in [0.05, 0.1) is 5.69 Å². The molecular weight excluding hydrogens is 284 g/mol. The topological polar surface area (TPSA) is 24.1 Å². The molecule has 1 aromatic rings. The molecule has 0 radical (unpaired) electrons. The van der Waals surface area contributed by atoms with E-state index in [0.29, 0.717) is 5.11 Å². The van der Waals surface area contributed by atoms with Gasteiger partial charge in [-0.15, -0.1) is 0 Å². The van der Waals surface area contributed by atoms with Gasteiger partial charge in [0.25, 0.3) is 0 Å². The van der Waals surface area contributed by atoms with E-state index in [1.54, 1.807) is 0 Å². The lowest BCUT2D eigenvalue weighted by Gasteiger charge is -2.11. The molecule has 0 bridgehead atoms. The highest BCUT2D eigenvalue weighted by Crippen LogP contribution is 2.23. The largest absolute Gasteiger partial charge is 0.362 e. The van der Waals surface area contributed by atoms with Crippen LogP contribution in [-0.4, -0.2) is 11.7 Å². The third kappa shape index (κ3) is 4.49. The summed E-state index contributed by atoms with van der Waals surface area (Å²) < 4.78 is 1.03. The van der Waals surface area contributed by atoms with Crippen LogP contribution in [0.15, 0.2) is 22.7 Å². The fourth-order valence-corrected chi connectivity index (χ4v) is 2.07. The summed E-state index contributed by atoms with van der Waals surface area (Å²) >= 11 is 8.71. The van der Waals surface area contributed by atoms with Crippen molar-refractivity contribution in [2.24, 2.45) is 0 Å². The van der Waals surface area contributed by atoms with Crippen LogP contribution in [0.25, 0.3) is 0 Å². The maximum absolute atomic E-state index is 5.20. The fourth-order valence-electron chi connectivity index (χ4n) is 1.27. The van der Waals surface area contributed by atoms with Gasteiger partial charge in [0.15, 0.2) is 5.11 Å². The standard InChI is InChI=1S/C12H17BrN2S/c1-3-4-7-14-12(16)15-11-6-5-9(2)8-10(11)13/h5-6,8H,3-4,7H2,1-2H3,(H2,14,15,16). The number of hydrogen-bond donors (Lipinski definition) is 2. The van der Waals surface area contributed by atoms with Crippen molar-refractivity contribution in [3.8, 4) is 0 Å². The van der Waals surface area contributed by atoms with Crippen molar-refractivity contribution < 1.29 is 0 Å². The number of aryl methyl sites for hydroxylation is 1. The van der Waals surface area contributed by atoms with Crippen LogP contribution in [0.3, 0.4) is 0 Å². The number of benzene rings is 1. The van der Waals surface area contributed by atoms with Crippen LogP contribution in [0.2, 0.25) is 0 Å². The minimum Gasteiger partial charge on any atom is -0.362 e. The highest BCUT2D eigenvalue weighted by molar-refractivity contribution is 9.10. The Balaban J connectivity index is 2.49. The van der Waals surface area contributed by atoms with Crippen LogP contribution in [0, 0.1) is 6.92 Å². The van der Waals surface area contributed by atoms with E-state index in [0.717, 1.165) is 23.1 Å². The van der Waals surface area contributed by atoms with Crippen LogP contribution in [0.4, 0.5) is 5.69 Å². The molecule has 0 aliphatic carbocycles. The molecule has 0 unspecified atom stereocenters. The van der Waals surface area contributed by atoms with Gasteiger partial charge in [0.1, 0.15) is 0 Å². The van der Waals surface area contributed by atoms with Crippen LogP contribution < -0.4 is 10.6 Å². The Morgan fingerprint density at radius 1 is 1.44 bits per heavy atom. The molecule has 0 saturated heterocycles. The van der Waals surface area contributed by atoms with E-state index < -0.39 is 0 Å². The van der Waals surface area contributed by atoms with Gasteiger partial charge in [0, 0.05) is 11.0 Å². The van der Waals surface area contributed by atoms with Gasteiger partial charge >= 0.3 is 0 Å². The zero-order valence-corrected chi connectivity index (χ0v) is 12.0. The SMILES string of the molecule is CCCCNC(=S)Nc1ccc(C)cc1Br. The molecular formula is C12H17BrN2S. The molecule has 2 N–H and O–H groups in total. The van der Waals surface area contributed by atoms with Crippen LogP contribution in [0.5, 0.6) is 0 Å². The monoisotopic (exact) mass is 300 g/mol. The number of unbranched alkanes of at least 4 members (excludes halogenated alkanes) is 1. The van der Waals surface area contributed by atoms with Crippen LogP contribution in [0.1, 0.15) is 25.3 Å². The predicted molar refractivity (Wildman–Crippen MR) is 78.0 cm³/mol. The van der Waals surface area contributed by atoms with E-state index in [1.165, 1.54) is 12.0 Å². The smallest absolute Gasteiger partial charge is 0.170 e. The maximum Gasteiger partial charge on any atom is 0.170 e. The Morgan fingerprint density at radius 2 is 2.19 bits per heavy atom. The van der Waals surface area contributed by atoms with Crippen LogP contribution >= 0.6 is 28.1 Å². The lowest BCUT2D eigenvalue weighted by atomic mass is 10.2. The number of anilines is 1. The van der Waals surface area contributed by atoms with Crippen molar-refractivity contribution in [3.05, 3.63) is 28.2 Å². The molecule has 0 aliphatic rings. The molecule has 0 saturated carbocycles. The van der Waals surface area contributed by atoms with Crippen molar-refractivity contribution in [1.82, 2.24) is 5.32 Å². The Hall–Kier alpha value is -0.610. The Labute approximate surface area is 111 Å².